The van der Waals surface area contributed by atoms with Gasteiger partial charge in [-0.3, -0.25) is 4.98 Å². The van der Waals surface area contributed by atoms with E-state index in [4.69, 9.17) is 14.2 Å². The van der Waals surface area contributed by atoms with Crippen LogP contribution >= 0.6 is 0 Å². The number of nitrogens with zero attached hydrogens (tertiary/aromatic N) is 1. The number of aliphatic hydroxyl groups excluding tert-OH is 1. The summed E-state index contributed by atoms with van der Waals surface area (Å²) in [7, 11) is 3.11. The average molecular weight is 289 g/mol. The minimum atomic E-state index is -0.872. The number of rotatable bonds is 6. The molecule has 21 heavy (non-hydrogen) atoms. The van der Waals surface area contributed by atoms with Crippen LogP contribution in [0.3, 0.4) is 0 Å². The molecule has 1 aromatic carbocycles. The van der Waals surface area contributed by atoms with Crippen LogP contribution in [-0.4, -0.2) is 30.9 Å². The second-order valence-electron chi connectivity index (χ2n) is 4.37. The van der Waals surface area contributed by atoms with Gasteiger partial charge in [-0.25, -0.2) is 0 Å². The van der Waals surface area contributed by atoms with E-state index in [9.17, 15) is 5.11 Å². The summed E-state index contributed by atoms with van der Waals surface area (Å²) in [5.74, 6) is 1.70. The number of pyridine rings is 1. The zero-order chi connectivity index (χ0) is 15.2. The molecule has 1 N–H and O–H groups in total. The number of hydrogen-bond donors (Lipinski definition) is 1. The molecule has 1 atom stereocenters. The van der Waals surface area contributed by atoms with Crippen molar-refractivity contribution < 1.29 is 19.3 Å². The lowest BCUT2D eigenvalue weighted by atomic mass is 10.0. The summed E-state index contributed by atoms with van der Waals surface area (Å²) in [6, 6.07) is 7.14. The van der Waals surface area contributed by atoms with Crippen LogP contribution in [0, 0.1) is 0 Å². The van der Waals surface area contributed by atoms with Gasteiger partial charge < -0.3 is 19.3 Å². The van der Waals surface area contributed by atoms with Crippen molar-refractivity contribution in [2.45, 2.75) is 13.0 Å². The van der Waals surface area contributed by atoms with Gasteiger partial charge in [0, 0.05) is 17.3 Å². The van der Waals surface area contributed by atoms with Crippen LogP contribution in [0.1, 0.15) is 24.2 Å². The molecule has 0 spiro atoms. The fourth-order valence-electron chi connectivity index (χ4n) is 2.14. The van der Waals surface area contributed by atoms with Crippen molar-refractivity contribution in [3.63, 3.8) is 0 Å². The van der Waals surface area contributed by atoms with Gasteiger partial charge in [-0.05, 0) is 19.1 Å². The first-order chi connectivity index (χ1) is 10.2. The van der Waals surface area contributed by atoms with E-state index in [0.717, 1.165) is 0 Å². The Labute approximate surface area is 124 Å². The highest BCUT2D eigenvalue weighted by atomic mass is 16.5. The van der Waals surface area contributed by atoms with Crippen LogP contribution in [0.25, 0.3) is 0 Å². The molecule has 0 aliphatic carbocycles. The van der Waals surface area contributed by atoms with Crippen molar-refractivity contribution in [2.24, 2.45) is 0 Å². The molecule has 0 saturated carbocycles. The normalized spacial score (nSPS) is 11.8. The summed E-state index contributed by atoms with van der Waals surface area (Å²) < 4.78 is 16.0. The summed E-state index contributed by atoms with van der Waals surface area (Å²) in [5, 5.41) is 10.6. The summed E-state index contributed by atoms with van der Waals surface area (Å²) in [4.78, 5) is 4.09. The van der Waals surface area contributed by atoms with E-state index in [1.807, 2.05) is 6.92 Å². The van der Waals surface area contributed by atoms with Gasteiger partial charge in [0.25, 0.3) is 0 Å². The Morgan fingerprint density at radius 1 is 1.19 bits per heavy atom. The number of para-hydroxylation sites is 1. The van der Waals surface area contributed by atoms with Gasteiger partial charge in [-0.2, -0.15) is 0 Å². The molecule has 0 radical (unpaired) electrons. The van der Waals surface area contributed by atoms with Gasteiger partial charge in [0.15, 0.2) is 11.5 Å². The molecule has 2 aromatic rings. The molecule has 5 nitrogen and oxygen atoms in total. The van der Waals surface area contributed by atoms with Crippen LogP contribution in [0.2, 0.25) is 0 Å². The predicted molar refractivity (Wildman–Crippen MR) is 79.0 cm³/mol. The van der Waals surface area contributed by atoms with Crippen LogP contribution < -0.4 is 14.2 Å². The highest BCUT2D eigenvalue weighted by Crippen LogP contribution is 2.37. The number of aliphatic hydroxyl groups is 1. The Morgan fingerprint density at radius 3 is 2.67 bits per heavy atom. The van der Waals surface area contributed by atoms with Gasteiger partial charge in [0.2, 0.25) is 0 Å². The zero-order valence-corrected chi connectivity index (χ0v) is 12.4. The minimum Gasteiger partial charge on any atom is -0.493 e. The van der Waals surface area contributed by atoms with Crippen molar-refractivity contribution in [1.29, 1.82) is 0 Å². The van der Waals surface area contributed by atoms with Gasteiger partial charge in [0.05, 0.1) is 27.0 Å². The molecule has 1 unspecified atom stereocenters. The second-order valence-corrected chi connectivity index (χ2v) is 4.37. The minimum absolute atomic E-state index is 0.509. The SMILES string of the molecule is CCOc1cncc(C(O)c2cccc(OC)c2OC)c1. The monoisotopic (exact) mass is 289 g/mol. The lowest BCUT2D eigenvalue weighted by molar-refractivity contribution is 0.211. The van der Waals surface area contributed by atoms with Crippen molar-refractivity contribution in [3.05, 3.63) is 47.8 Å². The lowest BCUT2D eigenvalue weighted by Gasteiger charge is -2.17. The van der Waals surface area contributed by atoms with Crippen molar-refractivity contribution in [2.75, 3.05) is 20.8 Å². The van der Waals surface area contributed by atoms with E-state index in [2.05, 4.69) is 4.98 Å². The van der Waals surface area contributed by atoms with Crippen LogP contribution in [-0.2, 0) is 0 Å². The fourth-order valence-corrected chi connectivity index (χ4v) is 2.14. The highest BCUT2D eigenvalue weighted by Gasteiger charge is 2.19. The van der Waals surface area contributed by atoms with Gasteiger partial charge in [-0.15, -0.1) is 0 Å². The van der Waals surface area contributed by atoms with E-state index in [1.54, 1.807) is 50.9 Å². The third kappa shape index (κ3) is 3.25. The van der Waals surface area contributed by atoms with E-state index < -0.39 is 6.10 Å². The molecule has 0 saturated heterocycles. The molecule has 2 rings (SSSR count). The molecule has 5 heteroatoms. The maximum atomic E-state index is 10.6. The summed E-state index contributed by atoms with van der Waals surface area (Å²) in [6.45, 7) is 2.44. The van der Waals surface area contributed by atoms with Crippen molar-refractivity contribution in [3.8, 4) is 17.2 Å². The Morgan fingerprint density at radius 2 is 2.00 bits per heavy atom. The van der Waals surface area contributed by atoms with E-state index in [-0.39, 0.29) is 0 Å². The van der Waals surface area contributed by atoms with Crippen molar-refractivity contribution in [1.82, 2.24) is 4.98 Å². The van der Waals surface area contributed by atoms with Crippen LogP contribution in [0.15, 0.2) is 36.7 Å². The Kier molecular flexibility index (Phi) is 5.00. The average Bonchev–Trinajstić information content (AvgIpc) is 2.53. The first kappa shape index (κ1) is 15.1. The highest BCUT2D eigenvalue weighted by molar-refractivity contribution is 5.50. The molecule has 112 valence electrons. The van der Waals surface area contributed by atoms with Crippen molar-refractivity contribution >= 4 is 0 Å². The Bertz CT molecular complexity index is 601. The van der Waals surface area contributed by atoms with Gasteiger partial charge >= 0.3 is 0 Å². The molecule has 0 bridgehead atoms. The molecule has 0 aliphatic heterocycles. The van der Waals surface area contributed by atoms with Gasteiger partial charge in [-0.1, -0.05) is 12.1 Å². The number of benzene rings is 1. The third-order valence-corrected chi connectivity index (χ3v) is 3.09. The zero-order valence-electron chi connectivity index (χ0n) is 12.4. The number of ether oxygens (including phenoxy) is 3. The summed E-state index contributed by atoms with van der Waals surface area (Å²) in [5.41, 5.74) is 1.25. The molecule has 0 amide bonds. The molecule has 1 heterocycles. The Hall–Kier alpha value is -2.27. The smallest absolute Gasteiger partial charge is 0.166 e. The maximum Gasteiger partial charge on any atom is 0.166 e. The standard InChI is InChI=1S/C16H19NO4/c1-4-21-12-8-11(9-17-10-12)15(18)13-6-5-7-14(19-2)16(13)20-3/h5-10,15,18H,4H2,1-3H3. The molecular formula is C16H19NO4. The van der Waals surface area contributed by atoms with Gasteiger partial charge in [0.1, 0.15) is 11.9 Å². The Balaban J connectivity index is 2.39. The molecule has 0 aliphatic rings. The first-order valence-electron chi connectivity index (χ1n) is 6.68. The lowest BCUT2D eigenvalue weighted by Crippen LogP contribution is -2.05. The maximum absolute atomic E-state index is 10.6. The fraction of sp³-hybridized carbons (Fsp3) is 0.312. The van der Waals surface area contributed by atoms with E-state index >= 15 is 0 Å². The van der Waals surface area contributed by atoms with E-state index in [0.29, 0.717) is 35.0 Å². The third-order valence-electron chi connectivity index (χ3n) is 3.09. The predicted octanol–water partition coefficient (Wildman–Crippen LogP) is 2.58. The summed E-state index contributed by atoms with van der Waals surface area (Å²) in [6.07, 6.45) is 2.34. The second kappa shape index (κ2) is 6.95. The number of hydrogen-bond acceptors (Lipinski definition) is 5. The quantitative estimate of drug-likeness (QED) is 0.885. The topological polar surface area (TPSA) is 60.8 Å². The first-order valence-corrected chi connectivity index (χ1v) is 6.68. The molecular weight excluding hydrogens is 270 g/mol. The summed E-state index contributed by atoms with van der Waals surface area (Å²) >= 11 is 0. The van der Waals surface area contributed by atoms with Crippen LogP contribution in [0.4, 0.5) is 0 Å². The van der Waals surface area contributed by atoms with Crippen LogP contribution in [0.5, 0.6) is 17.2 Å². The number of aromatic nitrogens is 1. The van der Waals surface area contributed by atoms with E-state index in [1.165, 1.54) is 0 Å². The largest absolute Gasteiger partial charge is 0.493 e. The molecule has 0 fully saturated rings. The number of methoxy groups -OCH3 is 2. The molecule has 1 aromatic heterocycles.